The molecule has 100 valence electrons. The van der Waals surface area contributed by atoms with Gasteiger partial charge in [-0.1, -0.05) is 23.7 Å². The fourth-order valence-corrected chi connectivity index (χ4v) is 1.80. The zero-order chi connectivity index (χ0) is 13.9. The second-order valence-electron chi connectivity index (χ2n) is 3.59. The predicted octanol–water partition coefficient (Wildman–Crippen LogP) is 2.92. The number of esters is 1. The van der Waals surface area contributed by atoms with Gasteiger partial charge < -0.3 is 10.5 Å². The van der Waals surface area contributed by atoms with Gasteiger partial charge in [0.15, 0.2) is 0 Å². The maximum absolute atomic E-state index is 12.6. The third-order valence-electron chi connectivity index (χ3n) is 2.35. The van der Waals surface area contributed by atoms with E-state index in [0.29, 0.717) is 0 Å². The van der Waals surface area contributed by atoms with Crippen LogP contribution < -0.4 is 5.73 Å². The van der Waals surface area contributed by atoms with E-state index in [4.69, 9.17) is 17.3 Å². The van der Waals surface area contributed by atoms with Gasteiger partial charge in [0.05, 0.1) is 24.1 Å². The first-order valence-corrected chi connectivity index (χ1v) is 5.33. The zero-order valence-corrected chi connectivity index (χ0v) is 10.2. The first-order valence-electron chi connectivity index (χ1n) is 4.95. The SMILES string of the molecule is COC(=O)C[C@H](N)c1cccc(C(F)(F)F)c1Cl. The van der Waals surface area contributed by atoms with Crippen LogP contribution in [0.3, 0.4) is 0 Å². The van der Waals surface area contributed by atoms with Gasteiger partial charge in [-0.3, -0.25) is 4.79 Å². The van der Waals surface area contributed by atoms with Crippen molar-refractivity contribution in [3.05, 3.63) is 34.3 Å². The normalized spacial score (nSPS) is 13.2. The van der Waals surface area contributed by atoms with E-state index >= 15 is 0 Å². The van der Waals surface area contributed by atoms with Gasteiger partial charge in [-0.05, 0) is 11.6 Å². The highest BCUT2D eigenvalue weighted by Gasteiger charge is 2.34. The molecule has 0 spiro atoms. The van der Waals surface area contributed by atoms with Gasteiger partial charge in [-0.2, -0.15) is 13.2 Å². The Labute approximate surface area is 107 Å². The minimum atomic E-state index is -4.56. The Balaban J connectivity index is 3.07. The number of carbonyl (C=O) groups excluding carboxylic acids is 1. The van der Waals surface area contributed by atoms with Crippen LogP contribution in [0.5, 0.6) is 0 Å². The number of nitrogens with two attached hydrogens (primary N) is 1. The van der Waals surface area contributed by atoms with Gasteiger partial charge in [-0.25, -0.2) is 0 Å². The lowest BCUT2D eigenvalue weighted by atomic mass is 10.0. The number of alkyl halides is 3. The maximum atomic E-state index is 12.6. The Kier molecular flexibility index (Phi) is 4.59. The summed E-state index contributed by atoms with van der Waals surface area (Å²) in [4.78, 5) is 11.0. The molecular weight excluding hydrogens is 271 g/mol. The summed E-state index contributed by atoms with van der Waals surface area (Å²) < 4.78 is 42.2. The number of carbonyl (C=O) groups is 1. The topological polar surface area (TPSA) is 52.3 Å². The van der Waals surface area contributed by atoms with Crippen molar-refractivity contribution in [3.63, 3.8) is 0 Å². The van der Waals surface area contributed by atoms with Crippen LogP contribution >= 0.6 is 11.6 Å². The fraction of sp³-hybridized carbons (Fsp3) is 0.364. The van der Waals surface area contributed by atoms with Crippen molar-refractivity contribution in [2.45, 2.75) is 18.6 Å². The van der Waals surface area contributed by atoms with Gasteiger partial charge in [0.25, 0.3) is 0 Å². The molecule has 2 N–H and O–H groups in total. The van der Waals surface area contributed by atoms with Crippen molar-refractivity contribution < 1.29 is 22.7 Å². The van der Waals surface area contributed by atoms with Crippen LogP contribution in [-0.4, -0.2) is 13.1 Å². The van der Waals surface area contributed by atoms with Gasteiger partial charge in [-0.15, -0.1) is 0 Å². The highest BCUT2D eigenvalue weighted by atomic mass is 35.5. The molecule has 0 aliphatic heterocycles. The number of rotatable bonds is 3. The molecule has 1 atom stereocenters. The summed E-state index contributed by atoms with van der Waals surface area (Å²) >= 11 is 5.66. The molecule has 0 radical (unpaired) electrons. The molecule has 0 aliphatic carbocycles. The van der Waals surface area contributed by atoms with E-state index in [0.717, 1.165) is 6.07 Å². The van der Waals surface area contributed by atoms with Gasteiger partial charge >= 0.3 is 12.1 Å². The average molecular weight is 282 g/mol. The van der Waals surface area contributed by atoms with Crippen LogP contribution in [0.15, 0.2) is 18.2 Å². The number of ether oxygens (including phenoxy) is 1. The summed E-state index contributed by atoms with van der Waals surface area (Å²) in [5.74, 6) is -0.615. The van der Waals surface area contributed by atoms with E-state index in [-0.39, 0.29) is 12.0 Å². The number of hydrogen-bond donors (Lipinski definition) is 1. The van der Waals surface area contributed by atoms with Crippen molar-refractivity contribution >= 4 is 17.6 Å². The van der Waals surface area contributed by atoms with E-state index < -0.39 is 28.8 Å². The molecule has 1 rings (SSSR count). The van der Waals surface area contributed by atoms with Crippen molar-refractivity contribution in [2.75, 3.05) is 7.11 Å². The van der Waals surface area contributed by atoms with Crippen LogP contribution in [0.1, 0.15) is 23.6 Å². The van der Waals surface area contributed by atoms with Crippen molar-refractivity contribution in [1.29, 1.82) is 0 Å². The molecular formula is C11H11ClF3NO2. The molecule has 7 heteroatoms. The number of hydrogen-bond acceptors (Lipinski definition) is 3. The monoisotopic (exact) mass is 281 g/mol. The highest BCUT2D eigenvalue weighted by molar-refractivity contribution is 6.32. The number of halogens is 4. The molecule has 0 aliphatic rings. The van der Waals surface area contributed by atoms with Crippen molar-refractivity contribution in [1.82, 2.24) is 0 Å². The minimum Gasteiger partial charge on any atom is -0.469 e. The molecule has 1 aromatic carbocycles. The molecule has 0 saturated heterocycles. The summed E-state index contributed by atoms with van der Waals surface area (Å²) in [6, 6.07) is 2.47. The van der Waals surface area contributed by atoms with Crippen molar-refractivity contribution in [3.8, 4) is 0 Å². The first-order chi connectivity index (χ1) is 8.27. The molecule has 0 fully saturated rings. The maximum Gasteiger partial charge on any atom is 0.417 e. The molecule has 0 amide bonds. The van der Waals surface area contributed by atoms with E-state index in [9.17, 15) is 18.0 Å². The Morgan fingerprint density at radius 3 is 2.61 bits per heavy atom. The third-order valence-corrected chi connectivity index (χ3v) is 2.77. The molecule has 0 heterocycles. The Hall–Kier alpha value is -1.27. The molecule has 1 aromatic rings. The Morgan fingerprint density at radius 1 is 1.50 bits per heavy atom. The molecule has 0 aromatic heterocycles. The van der Waals surface area contributed by atoms with Crippen molar-refractivity contribution in [2.24, 2.45) is 5.73 Å². The first kappa shape index (κ1) is 14.8. The fourth-order valence-electron chi connectivity index (χ4n) is 1.43. The molecule has 0 saturated carbocycles. The van der Waals surface area contributed by atoms with E-state index in [1.165, 1.54) is 19.2 Å². The van der Waals surface area contributed by atoms with Gasteiger partial charge in [0, 0.05) is 6.04 Å². The Bertz CT molecular complexity index is 448. The van der Waals surface area contributed by atoms with Crippen LogP contribution in [0, 0.1) is 0 Å². The lowest BCUT2D eigenvalue weighted by Crippen LogP contribution is -2.18. The van der Waals surface area contributed by atoms with Gasteiger partial charge in [0.2, 0.25) is 0 Å². The van der Waals surface area contributed by atoms with Crippen LogP contribution in [0.4, 0.5) is 13.2 Å². The standard InChI is InChI=1S/C11H11ClF3NO2/c1-18-9(17)5-8(16)6-3-2-4-7(10(6)12)11(13,14)15/h2-4,8H,5,16H2,1H3/t8-/m0/s1. The summed E-state index contributed by atoms with van der Waals surface area (Å²) in [7, 11) is 1.17. The van der Waals surface area contributed by atoms with E-state index in [2.05, 4.69) is 4.74 Å². The highest BCUT2D eigenvalue weighted by Crippen LogP contribution is 2.38. The Morgan fingerprint density at radius 2 is 2.11 bits per heavy atom. The zero-order valence-electron chi connectivity index (χ0n) is 9.42. The summed E-state index contributed by atoms with van der Waals surface area (Å²) in [6.07, 6.45) is -4.80. The second-order valence-corrected chi connectivity index (χ2v) is 3.97. The van der Waals surface area contributed by atoms with Crippen LogP contribution in [-0.2, 0) is 15.7 Å². The third kappa shape index (κ3) is 3.36. The predicted molar refractivity (Wildman–Crippen MR) is 60.0 cm³/mol. The minimum absolute atomic E-state index is 0.0666. The van der Waals surface area contributed by atoms with Crippen LogP contribution in [0.2, 0.25) is 5.02 Å². The van der Waals surface area contributed by atoms with E-state index in [1.807, 2.05) is 0 Å². The average Bonchev–Trinajstić information content (AvgIpc) is 2.27. The molecule has 0 unspecified atom stereocenters. The molecule has 0 bridgehead atoms. The van der Waals surface area contributed by atoms with E-state index in [1.54, 1.807) is 0 Å². The summed E-state index contributed by atoms with van der Waals surface area (Å²) in [5, 5.41) is -0.485. The quantitative estimate of drug-likeness (QED) is 0.867. The summed E-state index contributed by atoms with van der Waals surface area (Å²) in [6.45, 7) is 0. The summed E-state index contributed by atoms with van der Waals surface area (Å²) in [5.41, 5.74) is 4.73. The molecule has 18 heavy (non-hydrogen) atoms. The largest absolute Gasteiger partial charge is 0.469 e. The smallest absolute Gasteiger partial charge is 0.417 e. The molecule has 3 nitrogen and oxygen atoms in total. The lowest BCUT2D eigenvalue weighted by molar-refractivity contribution is -0.141. The number of methoxy groups -OCH3 is 1. The second kappa shape index (κ2) is 5.58. The van der Waals surface area contributed by atoms with Gasteiger partial charge in [0.1, 0.15) is 0 Å². The lowest BCUT2D eigenvalue weighted by Gasteiger charge is -2.16. The number of benzene rings is 1. The van der Waals surface area contributed by atoms with Crippen LogP contribution in [0.25, 0.3) is 0 Å².